The van der Waals surface area contributed by atoms with Gasteiger partial charge in [0.05, 0.1) is 15.6 Å². The van der Waals surface area contributed by atoms with Crippen LogP contribution in [-0.2, 0) is 6.42 Å². The zero-order chi connectivity index (χ0) is 14.5. The number of benzene rings is 2. The van der Waals surface area contributed by atoms with E-state index in [1.807, 2.05) is 30.3 Å². The van der Waals surface area contributed by atoms with E-state index >= 15 is 0 Å². The van der Waals surface area contributed by atoms with E-state index in [0.29, 0.717) is 11.6 Å². The van der Waals surface area contributed by atoms with E-state index in [1.165, 1.54) is 12.1 Å². The van der Waals surface area contributed by atoms with Gasteiger partial charge in [0, 0.05) is 11.6 Å². The van der Waals surface area contributed by atoms with Gasteiger partial charge in [-0.15, -0.1) is 0 Å². The Morgan fingerprint density at radius 2 is 1.60 bits per heavy atom. The number of carbonyl (C=O) groups is 1. The molecular formula is C15H12Cl3NO. The monoisotopic (exact) mass is 327 g/mol. The molecule has 0 radical (unpaired) electrons. The molecule has 2 aromatic carbocycles. The summed E-state index contributed by atoms with van der Waals surface area (Å²) in [5.41, 5.74) is 1.41. The van der Waals surface area contributed by atoms with E-state index in [2.05, 4.69) is 5.32 Å². The molecule has 0 aliphatic rings. The van der Waals surface area contributed by atoms with Gasteiger partial charge in [0.2, 0.25) is 0 Å². The van der Waals surface area contributed by atoms with Crippen molar-refractivity contribution in [2.75, 3.05) is 6.54 Å². The third-order valence-corrected chi connectivity index (χ3v) is 3.59. The van der Waals surface area contributed by atoms with Gasteiger partial charge < -0.3 is 5.32 Å². The molecule has 1 amide bonds. The Morgan fingerprint density at radius 1 is 1.00 bits per heavy atom. The third-order valence-electron chi connectivity index (χ3n) is 2.78. The lowest BCUT2D eigenvalue weighted by atomic mass is 10.1. The summed E-state index contributed by atoms with van der Waals surface area (Å²) in [4.78, 5) is 12.1. The Kier molecular flexibility index (Phi) is 5.30. The zero-order valence-electron chi connectivity index (χ0n) is 10.5. The molecule has 0 saturated heterocycles. The molecule has 0 saturated carbocycles. The second-order valence-corrected chi connectivity index (χ2v) is 5.49. The van der Waals surface area contributed by atoms with Crippen LogP contribution in [0.25, 0.3) is 0 Å². The first-order valence-corrected chi connectivity index (χ1v) is 7.18. The van der Waals surface area contributed by atoms with Crippen molar-refractivity contribution in [2.45, 2.75) is 6.42 Å². The van der Waals surface area contributed by atoms with Crippen molar-refractivity contribution in [2.24, 2.45) is 0 Å². The molecule has 1 N–H and O–H groups in total. The molecule has 0 fully saturated rings. The van der Waals surface area contributed by atoms with Gasteiger partial charge in [-0.25, -0.2) is 0 Å². The maximum Gasteiger partial charge on any atom is 0.254 e. The van der Waals surface area contributed by atoms with Crippen molar-refractivity contribution >= 4 is 40.7 Å². The Balaban J connectivity index is 1.99. The Bertz CT molecular complexity index is 591. The SMILES string of the molecule is O=C(NCCc1ccccc1)c1c(Cl)cc(Cl)cc1Cl. The third kappa shape index (κ3) is 3.89. The van der Waals surface area contributed by atoms with Gasteiger partial charge in [-0.3, -0.25) is 4.79 Å². The number of nitrogens with one attached hydrogen (secondary N) is 1. The highest BCUT2D eigenvalue weighted by Crippen LogP contribution is 2.28. The quantitative estimate of drug-likeness (QED) is 0.872. The Hall–Kier alpha value is -1.22. The molecule has 0 bridgehead atoms. The number of halogens is 3. The van der Waals surface area contributed by atoms with Crippen molar-refractivity contribution in [3.63, 3.8) is 0 Å². The van der Waals surface area contributed by atoms with Crippen molar-refractivity contribution in [3.05, 3.63) is 68.7 Å². The molecule has 0 heterocycles. The molecule has 104 valence electrons. The van der Waals surface area contributed by atoms with E-state index in [9.17, 15) is 4.79 Å². The van der Waals surface area contributed by atoms with Gasteiger partial charge in [-0.2, -0.15) is 0 Å². The van der Waals surface area contributed by atoms with Gasteiger partial charge >= 0.3 is 0 Å². The fourth-order valence-electron chi connectivity index (χ4n) is 1.81. The molecule has 0 aliphatic carbocycles. The van der Waals surface area contributed by atoms with E-state index in [0.717, 1.165) is 12.0 Å². The van der Waals surface area contributed by atoms with Crippen LogP contribution in [0.1, 0.15) is 15.9 Å². The Morgan fingerprint density at radius 3 is 2.20 bits per heavy atom. The van der Waals surface area contributed by atoms with Crippen LogP contribution < -0.4 is 5.32 Å². The fraction of sp³-hybridized carbons (Fsp3) is 0.133. The molecule has 0 atom stereocenters. The molecule has 0 aromatic heterocycles. The van der Waals surface area contributed by atoms with Crippen LogP contribution >= 0.6 is 34.8 Å². The predicted octanol–water partition coefficient (Wildman–Crippen LogP) is 4.62. The maximum atomic E-state index is 12.1. The van der Waals surface area contributed by atoms with Crippen molar-refractivity contribution < 1.29 is 4.79 Å². The summed E-state index contributed by atoms with van der Waals surface area (Å²) in [6.07, 6.45) is 0.745. The lowest BCUT2D eigenvalue weighted by molar-refractivity contribution is 0.0954. The first-order valence-electron chi connectivity index (χ1n) is 6.04. The van der Waals surface area contributed by atoms with Gasteiger partial charge in [0.1, 0.15) is 0 Å². The molecule has 0 unspecified atom stereocenters. The fourth-order valence-corrected chi connectivity index (χ4v) is 2.80. The number of hydrogen-bond acceptors (Lipinski definition) is 1. The van der Waals surface area contributed by atoms with Gasteiger partial charge in [-0.05, 0) is 24.1 Å². The molecule has 2 rings (SSSR count). The highest BCUT2D eigenvalue weighted by Gasteiger charge is 2.15. The van der Waals surface area contributed by atoms with Crippen LogP contribution in [0.2, 0.25) is 15.1 Å². The van der Waals surface area contributed by atoms with E-state index in [1.54, 1.807) is 0 Å². The predicted molar refractivity (Wildman–Crippen MR) is 84.0 cm³/mol. The lowest BCUT2D eigenvalue weighted by Crippen LogP contribution is -2.26. The summed E-state index contributed by atoms with van der Waals surface area (Å²) in [7, 11) is 0. The standard InChI is InChI=1S/C15H12Cl3NO/c16-11-8-12(17)14(13(18)9-11)15(20)19-7-6-10-4-2-1-3-5-10/h1-5,8-9H,6-7H2,(H,19,20). The smallest absolute Gasteiger partial charge is 0.254 e. The minimum atomic E-state index is -0.299. The molecule has 0 spiro atoms. The van der Waals surface area contributed by atoms with Crippen molar-refractivity contribution in [1.29, 1.82) is 0 Å². The lowest BCUT2D eigenvalue weighted by Gasteiger charge is -2.09. The van der Waals surface area contributed by atoms with Crippen LogP contribution in [-0.4, -0.2) is 12.5 Å². The molecule has 5 heteroatoms. The van der Waals surface area contributed by atoms with Gasteiger partial charge in [0.25, 0.3) is 5.91 Å². The summed E-state index contributed by atoms with van der Waals surface area (Å²) in [5.74, 6) is -0.299. The van der Waals surface area contributed by atoms with Crippen molar-refractivity contribution in [3.8, 4) is 0 Å². The van der Waals surface area contributed by atoms with Crippen LogP contribution in [0.15, 0.2) is 42.5 Å². The molecule has 2 nitrogen and oxygen atoms in total. The maximum absolute atomic E-state index is 12.1. The number of hydrogen-bond donors (Lipinski definition) is 1. The van der Waals surface area contributed by atoms with Crippen molar-refractivity contribution in [1.82, 2.24) is 5.32 Å². The van der Waals surface area contributed by atoms with E-state index in [-0.39, 0.29) is 21.5 Å². The molecule has 0 aliphatic heterocycles. The second-order valence-electron chi connectivity index (χ2n) is 4.24. The zero-order valence-corrected chi connectivity index (χ0v) is 12.8. The summed E-state index contributed by atoms with van der Waals surface area (Å²) in [5, 5.41) is 3.70. The largest absolute Gasteiger partial charge is 0.352 e. The normalized spacial score (nSPS) is 10.3. The molecule has 2 aromatic rings. The average Bonchev–Trinajstić information content (AvgIpc) is 2.38. The van der Waals surface area contributed by atoms with Crippen LogP contribution in [0.3, 0.4) is 0 Å². The van der Waals surface area contributed by atoms with E-state index in [4.69, 9.17) is 34.8 Å². The van der Waals surface area contributed by atoms with Crippen LogP contribution in [0.4, 0.5) is 0 Å². The van der Waals surface area contributed by atoms with E-state index < -0.39 is 0 Å². The molecular weight excluding hydrogens is 317 g/mol. The number of rotatable bonds is 4. The van der Waals surface area contributed by atoms with Gasteiger partial charge in [0.15, 0.2) is 0 Å². The summed E-state index contributed by atoms with van der Waals surface area (Å²) >= 11 is 17.8. The average molecular weight is 329 g/mol. The minimum Gasteiger partial charge on any atom is -0.352 e. The highest BCUT2D eigenvalue weighted by atomic mass is 35.5. The van der Waals surface area contributed by atoms with Crippen LogP contribution in [0, 0.1) is 0 Å². The minimum absolute atomic E-state index is 0.250. The first kappa shape index (κ1) is 15.2. The first-order chi connectivity index (χ1) is 9.58. The summed E-state index contributed by atoms with van der Waals surface area (Å²) in [6, 6.07) is 12.9. The number of carbonyl (C=O) groups excluding carboxylic acids is 1. The summed E-state index contributed by atoms with van der Waals surface area (Å²) < 4.78 is 0. The molecule has 20 heavy (non-hydrogen) atoms. The van der Waals surface area contributed by atoms with Gasteiger partial charge in [-0.1, -0.05) is 65.1 Å². The topological polar surface area (TPSA) is 29.1 Å². The second kappa shape index (κ2) is 6.98. The summed E-state index contributed by atoms with van der Waals surface area (Å²) in [6.45, 7) is 0.512. The highest BCUT2D eigenvalue weighted by molar-refractivity contribution is 6.42. The Labute approximate surface area is 132 Å². The number of amides is 1. The van der Waals surface area contributed by atoms with Crippen LogP contribution in [0.5, 0.6) is 0 Å².